The molecule has 88 valence electrons. The largest absolute Gasteiger partial charge is 0.312 e. The third-order valence-electron chi connectivity index (χ3n) is 2.68. The minimum absolute atomic E-state index is 0.101. The summed E-state index contributed by atoms with van der Waals surface area (Å²) >= 11 is 0. The molecule has 0 heterocycles. The van der Waals surface area contributed by atoms with Crippen molar-refractivity contribution in [3.63, 3.8) is 0 Å². The van der Waals surface area contributed by atoms with Crippen LogP contribution in [-0.4, -0.2) is 12.3 Å². The highest BCUT2D eigenvalue weighted by atomic mass is 16.1. The number of rotatable bonds is 6. The molecular formula is C14H21NO. The standard InChI is InChI=1S/C14H21NO/c1-11(2)14(16)12(3)9-15-10-13-7-5-4-6-8-13/h4-8,11-12,15H,9-10H2,1-3H3. The molecular weight excluding hydrogens is 198 g/mol. The van der Waals surface area contributed by atoms with Crippen molar-refractivity contribution in [3.05, 3.63) is 35.9 Å². The summed E-state index contributed by atoms with van der Waals surface area (Å²) in [6, 6.07) is 10.2. The van der Waals surface area contributed by atoms with Gasteiger partial charge in [0, 0.05) is 24.9 Å². The van der Waals surface area contributed by atoms with E-state index < -0.39 is 0 Å². The van der Waals surface area contributed by atoms with Gasteiger partial charge in [-0.15, -0.1) is 0 Å². The van der Waals surface area contributed by atoms with Gasteiger partial charge in [-0.3, -0.25) is 4.79 Å². The highest BCUT2D eigenvalue weighted by Gasteiger charge is 2.15. The topological polar surface area (TPSA) is 29.1 Å². The second-order valence-electron chi connectivity index (χ2n) is 4.57. The summed E-state index contributed by atoms with van der Waals surface area (Å²) in [4.78, 5) is 11.6. The van der Waals surface area contributed by atoms with Crippen LogP contribution in [0.4, 0.5) is 0 Å². The van der Waals surface area contributed by atoms with E-state index in [4.69, 9.17) is 0 Å². The molecule has 0 aliphatic carbocycles. The number of Topliss-reactive ketones (excluding diaryl/α,β-unsaturated/α-hetero) is 1. The molecule has 1 N–H and O–H groups in total. The lowest BCUT2D eigenvalue weighted by atomic mass is 9.97. The summed E-state index contributed by atoms with van der Waals surface area (Å²) in [5.41, 5.74) is 1.26. The molecule has 1 atom stereocenters. The van der Waals surface area contributed by atoms with Crippen LogP contribution < -0.4 is 5.32 Å². The second kappa shape index (κ2) is 6.44. The first-order valence-electron chi connectivity index (χ1n) is 5.89. The Kier molecular flexibility index (Phi) is 5.20. The second-order valence-corrected chi connectivity index (χ2v) is 4.57. The molecule has 0 aromatic heterocycles. The molecule has 0 fully saturated rings. The predicted molar refractivity (Wildman–Crippen MR) is 67.2 cm³/mol. The number of nitrogens with one attached hydrogen (secondary N) is 1. The normalized spacial score (nSPS) is 12.8. The molecule has 2 heteroatoms. The monoisotopic (exact) mass is 219 g/mol. The van der Waals surface area contributed by atoms with E-state index in [0.717, 1.165) is 13.1 Å². The molecule has 0 aliphatic heterocycles. The average Bonchev–Trinajstić information content (AvgIpc) is 2.29. The maximum absolute atomic E-state index is 11.6. The molecule has 0 amide bonds. The highest BCUT2D eigenvalue weighted by Crippen LogP contribution is 2.05. The van der Waals surface area contributed by atoms with E-state index in [1.54, 1.807) is 0 Å². The van der Waals surface area contributed by atoms with Crippen molar-refractivity contribution in [1.82, 2.24) is 5.32 Å². The van der Waals surface area contributed by atoms with Crippen LogP contribution in [0.5, 0.6) is 0 Å². The maximum Gasteiger partial charge on any atom is 0.139 e. The quantitative estimate of drug-likeness (QED) is 0.797. The summed E-state index contributed by atoms with van der Waals surface area (Å²) < 4.78 is 0. The Morgan fingerprint density at radius 2 is 1.81 bits per heavy atom. The Morgan fingerprint density at radius 3 is 2.38 bits per heavy atom. The van der Waals surface area contributed by atoms with Crippen LogP contribution in [0.1, 0.15) is 26.3 Å². The third-order valence-corrected chi connectivity index (χ3v) is 2.68. The van der Waals surface area contributed by atoms with Gasteiger partial charge in [0.2, 0.25) is 0 Å². The number of ketones is 1. The van der Waals surface area contributed by atoms with Crippen molar-refractivity contribution < 1.29 is 4.79 Å². The molecule has 1 unspecified atom stereocenters. The van der Waals surface area contributed by atoms with Gasteiger partial charge in [-0.1, -0.05) is 51.1 Å². The van der Waals surface area contributed by atoms with Crippen LogP contribution >= 0.6 is 0 Å². The van der Waals surface area contributed by atoms with Crippen LogP contribution in [-0.2, 0) is 11.3 Å². The molecule has 1 rings (SSSR count). The van der Waals surface area contributed by atoms with Gasteiger partial charge < -0.3 is 5.32 Å². The lowest BCUT2D eigenvalue weighted by Gasteiger charge is -2.13. The number of benzene rings is 1. The van der Waals surface area contributed by atoms with Crippen molar-refractivity contribution in [1.29, 1.82) is 0 Å². The van der Waals surface area contributed by atoms with Crippen molar-refractivity contribution in [2.75, 3.05) is 6.54 Å². The van der Waals surface area contributed by atoms with Crippen LogP contribution in [0.3, 0.4) is 0 Å². The van der Waals surface area contributed by atoms with Gasteiger partial charge in [0.1, 0.15) is 5.78 Å². The molecule has 0 aliphatic rings. The van der Waals surface area contributed by atoms with Crippen molar-refractivity contribution in [3.8, 4) is 0 Å². The Hall–Kier alpha value is -1.15. The number of hydrogen-bond acceptors (Lipinski definition) is 2. The zero-order valence-electron chi connectivity index (χ0n) is 10.4. The first-order chi connectivity index (χ1) is 7.61. The molecule has 2 nitrogen and oxygen atoms in total. The van der Waals surface area contributed by atoms with Crippen LogP contribution in [0, 0.1) is 11.8 Å². The Bertz CT molecular complexity index is 319. The maximum atomic E-state index is 11.6. The zero-order valence-corrected chi connectivity index (χ0v) is 10.4. The molecule has 0 saturated carbocycles. The number of hydrogen-bond donors (Lipinski definition) is 1. The summed E-state index contributed by atoms with van der Waals surface area (Å²) in [7, 11) is 0. The van der Waals surface area contributed by atoms with Crippen LogP contribution in [0.15, 0.2) is 30.3 Å². The molecule has 0 radical (unpaired) electrons. The minimum atomic E-state index is 0.101. The van der Waals surface area contributed by atoms with Gasteiger partial charge >= 0.3 is 0 Å². The summed E-state index contributed by atoms with van der Waals surface area (Å²) in [5, 5.41) is 3.32. The fourth-order valence-corrected chi connectivity index (χ4v) is 1.70. The Balaban J connectivity index is 2.28. The van der Waals surface area contributed by atoms with Crippen molar-refractivity contribution in [2.24, 2.45) is 11.8 Å². The van der Waals surface area contributed by atoms with Gasteiger partial charge in [0.05, 0.1) is 0 Å². The lowest BCUT2D eigenvalue weighted by Crippen LogP contribution is -2.28. The van der Waals surface area contributed by atoms with E-state index in [2.05, 4.69) is 17.4 Å². The molecule has 16 heavy (non-hydrogen) atoms. The molecule has 0 saturated heterocycles. The fourth-order valence-electron chi connectivity index (χ4n) is 1.70. The zero-order chi connectivity index (χ0) is 12.0. The number of carbonyl (C=O) groups excluding carboxylic acids is 1. The number of carbonyl (C=O) groups is 1. The SMILES string of the molecule is CC(C)C(=O)C(C)CNCc1ccccc1. The van der Waals surface area contributed by atoms with Gasteiger partial charge in [-0.05, 0) is 5.56 Å². The molecule has 1 aromatic rings. The van der Waals surface area contributed by atoms with Crippen LogP contribution in [0.2, 0.25) is 0 Å². The van der Waals surface area contributed by atoms with E-state index in [1.807, 2.05) is 39.0 Å². The van der Waals surface area contributed by atoms with E-state index in [1.165, 1.54) is 5.56 Å². The average molecular weight is 219 g/mol. The predicted octanol–water partition coefficient (Wildman–Crippen LogP) is 2.64. The first kappa shape index (κ1) is 12.9. The molecule has 1 aromatic carbocycles. The summed E-state index contributed by atoms with van der Waals surface area (Å²) in [6.07, 6.45) is 0. The minimum Gasteiger partial charge on any atom is -0.312 e. The van der Waals surface area contributed by atoms with Crippen molar-refractivity contribution in [2.45, 2.75) is 27.3 Å². The Labute approximate surface area is 98.1 Å². The van der Waals surface area contributed by atoms with Crippen LogP contribution in [0.25, 0.3) is 0 Å². The summed E-state index contributed by atoms with van der Waals surface area (Å²) in [5.74, 6) is 0.567. The van der Waals surface area contributed by atoms with Gasteiger partial charge in [0.25, 0.3) is 0 Å². The van der Waals surface area contributed by atoms with E-state index >= 15 is 0 Å². The Morgan fingerprint density at radius 1 is 1.19 bits per heavy atom. The third kappa shape index (κ3) is 4.15. The fraction of sp³-hybridized carbons (Fsp3) is 0.500. The molecule has 0 bridgehead atoms. The van der Waals surface area contributed by atoms with Gasteiger partial charge in [-0.25, -0.2) is 0 Å². The van der Waals surface area contributed by atoms with E-state index in [9.17, 15) is 4.79 Å². The highest BCUT2D eigenvalue weighted by molar-refractivity contribution is 5.82. The van der Waals surface area contributed by atoms with Gasteiger partial charge in [-0.2, -0.15) is 0 Å². The lowest BCUT2D eigenvalue weighted by molar-refractivity contribution is -0.125. The van der Waals surface area contributed by atoms with Gasteiger partial charge in [0.15, 0.2) is 0 Å². The first-order valence-corrected chi connectivity index (χ1v) is 5.89. The van der Waals surface area contributed by atoms with E-state index in [-0.39, 0.29) is 11.8 Å². The smallest absolute Gasteiger partial charge is 0.139 e. The molecule has 0 spiro atoms. The van der Waals surface area contributed by atoms with E-state index in [0.29, 0.717) is 5.78 Å². The van der Waals surface area contributed by atoms with Crippen molar-refractivity contribution >= 4 is 5.78 Å². The summed E-state index contributed by atoms with van der Waals surface area (Å²) in [6.45, 7) is 7.48.